The number of hydrogen-bond donors (Lipinski definition) is 2. The van der Waals surface area contributed by atoms with Crippen molar-refractivity contribution in [2.75, 3.05) is 6.54 Å². The Morgan fingerprint density at radius 1 is 1.53 bits per heavy atom. The molecule has 0 aromatic heterocycles. The van der Waals surface area contributed by atoms with E-state index >= 15 is 0 Å². The molecule has 1 saturated heterocycles. The number of hydrogen-bond acceptors (Lipinski definition) is 4. The van der Waals surface area contributed by atoms with E-state index in [4.69, 9.17) is 5.73 Å². The van der Waals surface area contributed by atoms with Gasteiger partial charge in [0.15, 0.2) is 0 Å². The summed E-state index contributed by atoms with van der Waals surface area (Å²) in [7, 11) is 0. The zero-order valence-corrected chi connectivity index (χ0v) is 9.18. The third-order valence-electron chi connectivity index (χ3n) is 2.94. The number of rotatable bonds is 3. The van der Waals surface area contributed by atoms with E-state index in [2.05, 4.69) is 5.32 Å². The molecule has 0 aliphatic carbocycles. The standard InChI is InChI=1S/C11H13N3O3/c12-5-7-1-2-9(10(3-7)14(16)17)8-4-11(15)13-6-8/h1-3,8H,4-6,12H2,(H,13,15)/t8-/m0/s1. The topological polar surface area (TPSA) is 98.3 Å². The average Bonchev–Trinajstić information content (AvgIpc) is 2.75. The van der Waals surface area contributed by atoms with Crippen molar-refractivity contribution >= 4 is 11.6 Å². The molecule has 0 spiro atoms. The van der Waals surface area contributed by atoms with Crippen molar-refractivity contribution in [2.24, 2.45) is 5.73 Å². The highest BCUT2D eigenvalue weighted by Crippen LogP contribution is 2.31. The molecule has 6 nitrogen and oxygen atoms in total. The fourth-order valence-corrected chi connectivity index (χ4v) is 2.04. The second-order valence-electron chi connectivity index (χ2n) is 4.06. The first kappa shape index (κ1) is 11.5. The van der Waals surface area contributed by atoms with Gasteiger partial charge in [-0.1, -0.05) is 12.1 Å². The van der Waals surface area contributed by atoms with Crippen LogP contribution >= 0.6 is 0 Å². The monoisotopic (exact) mass is 235 g/mol. The Kier molecular flexibility index (Phi) is 3.06. The van der Waals surface area contributed by atoms with Gasteiger partial charge in [-0.15, -0.1) is 0 Å². The maximum absolute atomic E-state index is 11.1. The molecule has 0 bridgehead atoms. The maximum atomic E-state index is 11.1. The molecule has 1 aromatic rings. The normalized spacial score (nSPS) is 19.1. The van der Waals surface area contributed by atoms with Gasteiger partial charge < -0.3 is 11.1 Å². The highest BCUT2D eigenvalue weighted by atomic mass is 16.6. The minimum Gasteiger partial charge on any atom is -0.355 e. The van der Waals surface area contributed by atoms with Crippen LogP contribution in [0.1, 0.15) is 23.5 Å². The molecule has 0 saturated carbocycles. The van der Waals surface area contributed by atoms with Crippen LogP contribution < -0.4 is 11.1 Å². The zero-order valence-electron chi connectivity index (χ0n) is 9.18. The van der Waals surface area contributed by atoms with E-state index in [0.29, 0.717) is 18.5 Å². The first-order valence-electron chi connectivity index (χ1n) is 5.35. The summed E-state index contributed by atoms with van der Waals surface area (Å²) in [6.45, 7) is 0.727. The van der Waals surface area contributed by atoms with Gasteiger partial charge in [0.05, 0.1) is 4.92 Å². The quantitative estimate of drug-likeness (QED) is 0.593. The molecule has 2 rings (SSSR count). The van der Waals surface area contributed by atoms with E-state index in [1.54, 1.807) is 12.1 Å². The fourth-order valence-electron chi connectivity index (χ4n) is 2.04. The van der Waals surface area contributed by atoms with Gasteiger partial charge in [-0.3, -0.25) is 14.9 Å². The Morgan fingerprint density at radius 3 is 2.82 bits per heavy atom. The Bertz CT molecular complexity index is 473. The smallest absolute Gasteiger partial charge is 0.273 e. The lowest BCUT2D eigenvalue weighted by Crippen LogP contribution is -2.13. The van der Waals surface area contributed by atoms with Crippen molar-refractivity contribution in [1.29, 1.82) is 0 Å². The van der Waals surface area contributed by atoms with Crippen molar-refractivity contribution in [3.05, 3.63) is 39.4 Å². The second kappa shape index (κ2) is 4.50. The summed E-state index contributed by atoms with van der Waals surface area (Å²) >= 11 is 0. The van der Waals surface area contributed by atoms with E-state index in [9.17, 15) is 14.9 Å². The number of carbonyl (C=O) groups excluding carboxylic acids is 1. The summed E-state index contributed by atoms with van der Waals surface area (Å²) in [5.41, 5.74) is 6.83. The molecule has 1 atom stereocenters. The lowest BCUT2D eigenvalue weighted by Gasteiger charge is -2.09. The molecule has 1 fully saturated rings. The molecular weight excluding hydrogens is 222 g/mol. The van der Waals surface area contributed by atoms with Gasteiger partial charge in [-0.25, -0.2) is 0 Å². The number of nitrogens with two attached hydrogens (primary N) is 1. The van der Waals surface area contributed by atoms with Crippen molar-refractivity contribution in [3.8, 4) is 0 Å². The Morgan fingerprint density at radius 2 is 2.29 bits per heavy atom. The third-order valence-corrected chi connectivity index (χ3v) is 2.94. The largest absolute Gasteiger partial charge is 0.355 e. The summed E-state index contributed by atoms with van der Waals surface area (Å²) in [5, 5.41) is 13.7. The second-order valence-corrected chi connectivity index (χ2v) is 4.06. The van der Waals surface area contributed by atoms with Crippen LogP contribution in [0.15, 0.2) is 18.2 Å². The van der Waals surface area contributed by atoms with E-state index in [0.717, 1.165) is 5.56 Å². The third kappa shape index (κ3) is 2.26. The minimum absolute atomic E-state index is 0.0504. The summed E-state index contributed by atoms with van der Waals surface area (Å²) in [6, 6.07) is 4.95. The molecule has 1 amide bonds. The molecule has 0 radical (unpaired) electrons. The predicted molar refractivity (Wildman–Crippen MR) is 61.4 cm³/mol. The molecule has 1 heterocycles. The van der Waals surface area contributed by atoms with Crippen molar-refractivity contribution in [3.63, 3.8) is 0 Å². The molecule has 1 aromatic carbocycles. The Balaban J connectivity index is 2.39. The highest BCUT2D eigenvalue weighted by Gasteiger charge is 2.28. The summed E-state index contributed by atoms with van der Waals surface area (Å²) in [4.78, 5) is 21.7. The molecule has 3 N–H and O–H groups in total. The minimum atomic E-state index is -0.419. The van der Waals surface area contributed by atoms with E-state index < -0.39 is 4.92 Å². The Labute approximate surface area is 98.0 Å². The van der Waals surface area contributed by atoms with Crippen molar-refractivity contribution in [1.82, 2.24) is 5.32 Å². The van der Waals surface area contributed by atoms with Gasteiger partial charge in [0.25, 0.3) is 5.69 Å². The van der Waals surface area contributed by atoms with Crippen molar-refractivity contribution < 1.29 is 9.72 Å². The highest BCUT2D eigenvalue weighted by molar-refractivity contribution is 5.79. The lowest BCUT2D eigenvalue weighted by atomic mass is 9.95. The van der Waals surface area contributed by atoms with Crippen LogP contribution in [0.25, 0.3) is 0 Å². The Hall–Kier alpha value is -1.95. The first-order chi connectivity index (χ1) is 8.11. The summed E-state index contributed by atoms with van der Waals surface area (Å²) < 4.78 is 0. The molecule has 1 aliphatic rings. The number of nitrogens with one attached hydrogen (secondary N) is 1. The molecular formula is C11H13N3O3. The number of benzene rings is 1. The average molecular weight is 235 g/mol. The number of nitro benzene ring substituents is 1. The van der Waals surface area contributed by atoms with Crippen LogP contribution in [0.3, 0.4) is 0 Å². The number of amides is 1. The number of carbonyl (C=O) groups is 1. The van der Waals surface area contributed by atoms with E-state index in [1.807, 2.05) is 0 Å². The van der Waals surface area contributed by atoms with Gasteiger partial charge in [0.2, 0.25) is 5.91 Å². The molecule has 17 heavy (non-hydrogen) atoms. The van der Waals surface area contributed by atoms with Gasteiger partial charge in [-0.2, -0.15) is 0 Å². The van der Waals surface area contributed by atoms with Crippen LogP contribution in [-0.4, -0.2) is 17.4 Å². The van der Waals surface area contributed by atoms with Crippen LogP contribution in [-0.2, 0) is 11.3 Å². The van der Waals surface area contributed by atoms with Gasteiger partial charge in [0.1, 0.15) is 0 Å². The molecule has 1 aliphatic heterocycles. The maximum Gasteiger partial charge on any atom is 0.273 e. The van der Waals surface area contributed by atoms with Gasteiger partial charge in [-0.05, 0) is 5.56 Å². The van der Waals surface area contributed by atoms with Crippen molar-refractivity contribution in [2.45, 2.75) is 18.9 Å². The van der Waals surface area contributed by atoms with E-state index in [1.165, 1.54) is 6.07 Å². The van der Waals surface area contributed by atoms with Crippen LogP contribution in [0, 0.1) is 10.1 Å². The molecule has 0 unspecified atom stereocenters. The predicted octanol–water partition coefficient (Wildman–Crippen LogP) is 0.657. The van der Waals surface area contributed by atoms with Crippen LogP contribution in [0.5, 0.6) is 0 Å². The van der Waals surface area contributed by atoms with Crippen LogP contribution in [0.2, 0.25) is 0 Å². The lowest BCUT2D eigenvalue weighted by molar-refractivity contribution is -0.385. The van der Waals surface area contributed by atoms with Gasteiger partial charge >= 0.3 is 0 Å². The zero-order chi connectivity index (χ0) is 12.4. The fraction of sp³-hybridized carbons (Fsp3) is 0.364. The molecule has 90 valence electrons. The van der Waals surface area contributed by atoms with Crippen LogP contribution in [0.4, 0.5) is 5.69 Å². The first-order valence-corrected chi connectivity index (χ1v) is 5.35. The molecule has 6 heteroatoms. The number of nitrogens with zero attached hydrogens (tertiary/aromatic N) is 1. The van der Waals surface area contributed by atoms with Gasteiger partial charge in [0, 0.05) is 37.1 Å². The summed E-state index contributed by atoms with van der Waals surface area (Å²) in [6.07, 6.45) is 0.308. The van der Waals surface area contributed by atoms with E-state index in [-0.39, 0.29) is 24.1 Å². The summed E-state index contributed by atoms with van der Waals surface area (Å²) in [5.74, 6) is -0.179. The SMILES string of the molecule is NCc1ccc([C@@H]2CNC(=O)C2)c([N+](=O)[O-])c1. The number of nitro groups is 1.